The van der Waals surface area contributed by atoms with Gasteiger partial charge in [-0.3, -0.25) is 9.59 Å². The van der Waals surface area contributed by atoms with Crippen LogP contribution < -0.4 is 11.1 Å². The minimum Gasteiger partial charge on any atom is -0.398 e. The molecule has 96 valence electrons. The molecule has 2 amide bonds. The van der Waals surface area contributed by atoms with Crippen LogP contribution in [0.25, 0.3) is 0 Å². The van der Waals surface area contributed by atoms with Crippen LogP contribution in [0, 0.1) is 6.92 Å². The topological polar surface area (TPSA) is 75.4 Å². The molecule has 18 heavy (non-hydrogen) atoms. The maximum absolute atomic E-state index is 12.1. The molecule has 2 rings (SSSR count). The van der Waals surface area contributed by atoms with Gasteiger partial charge in [0.15, 0.2) is 0 Å². The highest BCUT2D eigenvalue weighted by molar-refractivity contribution is 6.02. The van der Waals surface area contributed by atoms with E-state index >= 15 is 0 Å². The maximum atomic E-state index is 12.1. The number of nitrogens with zero attached hydrogens (tertiary/aromatic N) is 1. The molecule has 0 radical (unpaired) electrons. The number of carbonyl (C=O) groups is 2. The SMILES string of the molecule is Cc1cccc(C(=O)NC2CCN(C)C2=O)c1N. The lowest BCUT2D eigenvalue weighted by atomic mass is 10.1. The molecule has 0 spiro atoms. The summed E-state index contributed by atoms with van der Waals surface area (Å²) in [5, 5.41) is 2.73. The van der Waals surface area contributed by atoms with Crippen LogP contribution in [0.4, 0.5) is 5.69 Å². The molecule has 1 aliphatic heterocycles. The minimum absolute atomic E-state index is 0.0467. The number of rotatable bonds is 2. The van der Waals surface area contributed by atoms with Crippen LogP contribution in [0.3, 0.4) is 0 Å². The zero-order chi connectivity index (χ0) is 13.3. The molecular formula is C13H17N3O2. The molecule has 1 atom stereocenters. The van der Waals surface area contributed by atoms with Gasteiger partial charge in [0, 0.05) is 19.3 Å². The first kappa shape index (κ1) is 12.4. The lowest BCUT2D eigenvalue weighted by molar-refractivity contribution is -0.128. The summed E-state index contributed by atoms with van der Waals surface area (Å²) in [5.74, 6) is -0.334. The lowest BCUT2D eigenvalue weighted by Gasteiger charge is -2.13. The van der Waals surface area contributed by atoms with Crippen molar-refractivity contribution < 1.29 is 9.59 Å². The Morgan fingerprint density at radius 2 is 2.22 bits per heavy atom. The summed E-state index contributed by atoms with van der Waals surface area (Å²) in [7, 11) is 1.73. The van der Waals surface area contributed by atoms with Crippen molar-refractivity contribution in [2.24, 2.45) is 0 Å². The zero-order valence-corrected chi connectivity index (χ0v) is 10.6. The van der Waals surface area contributed by atoms with Gasteiger partial charge in [0.2, 0.25) is 5.91 Å². The standard InChI is InChI=1S/C13H17N3O2/c1-8-4-3-5-9(11(8)14)12(17)15-10-6-7-16(2)13(10)18/h3-5,10H,6-7,14H2,1-2H3,(H,15,17). The number of likely N-dealkylation sites (N-methyl/N-ethyl adjacent to an activating group) is 1. The van der Waals surface area contributed by atoms with Crippen molar-refractivity contribution in [1.82, 2.24) is 10.2 Å². The highest BCUT2D eigenvalue weighted by Crippen LogP contribution is 2.17. The second kappa shape index (κ2) is 4.68. The minimum atomic E-state index is -0.428. The first-order chi connectivity index (χ1) is 8.50. The van der Waals surface area contributed by atoms with Gasteiger partial charge >= 0.3 is 0 Å². The summed E-state index contributed by atoms with van der Waals surface area (Å²) in [5.41, 5.74) is 7.62. The highest BCUT2D eigenvalue weighted by Gasteiger charge is 2.30. The van der Waals surface area contributed by atoms with Gasteiger partial charge in [-0.25, -0.2) is 0 Å². The van der Waals surface area contributed by atoms with E-state index in [9.17, 15) is 9.59 Å². The monoisotopic (exact) mass is 247 g/mol. The summed E-state index contributed by atoms with van der Waals surface area (Å²) in [4.78, 5) is 25.4. The largest absolute Gasteiger partial charge is 0.398 e. The second-order valence-electron chi connectivity index (χ2n) is 4.61. The van der Waals surface area contributed by atoms with E-state index in [1.165, 1.54) is 0 Å². The van der Waals surface area contributed by atoms with E-state index in [0.717, 1.165) is 5.56 Å². The van der Waals surface area contributed by atoms with E-state index in [2.05, 4.69) is 5.32 Å². The van der Waals surface area contributed by atoms with Crippen molar-refractivity contribution >= 4 is 17.5 Å². The molecule has 1 heterocycles. The first-order valence-electron chi connectivity index (χ1n) is 5.91. The van der Waals surface area contributed by atoms with Crippen LogP contribution in [-0.2, 0) is 4.79 Å². The molecule has 1 aliphatic rings. The number of nitrogens with one attached hydrogen (secondary N) is 1. The van der Waals surface area contributed by atoms with Crippen molar-refractivity contribution in [2.45, 2.75) is 19.4 Å². The molecule has 3 N–H and O–H groups in total. The van der Waals surface area contributed by atoms with E-state index in [0.29, 0.717) is 24.2 Å². The van der Waals surface area contributed by atoms with Gasteiger partial charge in [-0.15, -0.1) is 0 Å². The lowest BCUT2D eigenvalue weighted by Crippen LogP contribution is -2.40. The normalized spacial score (nSPS) is 19.1. The Hall–Kier alpha value is -2.04. The predicted molar refractivity (Wildman–Crippen MR) is 69.1 cm³/mol. The smallest absolute Gasteiger partial charge is 0.254 e. The summed E-state index contributed by atoms with van der Waals surface area (Å²) in [6, 6.07) is 4.87. The second-order valence-corrected chi connectivity index (χ2v) is 4.61. The fourth-order valence-electron chi connectivity index (χ4n) is 2.07. The van der Waals surface area contributed by atoms with Gasteiger partial charge in [-0.05, 0) is 25.0 Å². The number of carbonyl (C=O) groups excluding carboxylic acids is 2. The molecule has 1 fully saturated rings. The zero-order valence-electron chi connectivity index (χ0n) is 10.6. The number of para-hydroxylation sites is 1. The van der Waals surface area contributed by atoms with Crippen LogP contribution >= 0.6 is 0 Å². The Labute approximate surface area is 106 Å². The number of hydrogen-bond acceptors (Lipinski definition) is 3. The summed E-state index contributed by atoms with van der Waals surface area (Å²) in [6.45, 7) is 2.52. The maximum Gasteiger partial charge on any atom is 0.254 e. The van der Waals surface area contributed by atoms with Crippen molar-refractivity contribution in [3.05, 3.63) is 29.3 Å². The fourth-order valence-corrected chi connectivity index (χ4v) is 2.07. The Morgan fingerprint density at radius 3 is 2.83 bits per heavy atom. The van der Waals surface area contributed by atoms with Gasteiger partial charge in [0.1, 0.15) is 6.04 Å². The van der Waals surface area contributed by atoms with Gasteiger partial charge in [0.25, 0.3) is 5.91 Å². The van der Waals surface area contributed by atoms with Crippen molar-refractivity contribution in [3.8, 4) is 0 Å². The number of likely N-dealkylation sites (tertiary alicyclic amines) is 1. The van der Waals surface area contributed by atoms with Gasteiger partial charge in [-0.2, -0.15) is 0 Å². The molecule has 0 saturated carbocycles. The molecule has 5 nitrogen and oxygen atoms in total. The number of hydrogen-bond donors (Lipinski definition) is 2. The Morgan fingerprint density at radius 1 is 1.50 bits per heavy atom. The van der Waals surface area contributed by atoms with Crippen molar-refractivity contribution in [3.63, 3.8) is 0 Å². The Kier molecular flexibility index (Phi) is 3.23. The average molecular weight is 247 g/mol. The predicted octanol–water partition coefficient (Wildman–Crippen LogP) is 0.538. The number of nitrogens with two attached hydrogens (primary N) is 1. The summed E-state index contributed by atoms with van der Waals surface area (Å²) >= 11 is 0. The molecule has 0 aliphatic carbocycles. The third kappa shape index (κ3) is 2.16. The van der Waals surface area contributed by atoms with Gasteiger partial charge < -0.3 is 16.0 Å². The molecular weight excluding hydrogens is 230 g/mol. The van der Waals surface area contributed by atoms with E-state index in [1.807, 2.05) is 13.0 Å². The molecule has 1 saturated heterocycles. The molecule has 1 unspecified atom stereocenters. The number of nitrogen functional groups attached to an aromatic ring is 1. The number of benzene rings is 1. The number of anilines is 1. The summed E-state index contributed by atoms with van der Waals surface area (Å²) in [6.07, 6.45) is 0.646. The first-order valence-corrected chi connectivity index (χ1v) is 5.91. The van der Waals surface area contributed by atoms with Crippen LogP contribution in [0.15, 0.2) is 18.2 Å². The average Bonchev–Trinajstić information content (AvgIpc) is 2.64. The molecule has 0 aromatic heterocycles. The van der Waals surface area contributed by atoms with Crippen molar-refractivity contribution in [2.75, 3.05) is 19.3 Å². The molecule has 1 aromatic rings. The van der Waals surface area contributed by atoms with Crippen LogP contribution in [0.5, 0.6) is 0 Å². The van der Waals surface area contributed by atoms with Gasteiger partial charge in [-0.1, -0.05) is 12.1 Å². The van der Waals surface area contributed by atoms with Crippen LogP contribution in [0.1, 0.15) is 22.3 Å². The highest BCUT2D eigenvalue weighted by atomic mass is 16.2. The van der Waals surface area contributed by atoms with Gasteiger partial charge in [0.05, 0.1) is 5.56 Å². The molecule has 0 bridgehead atoms. The molecule has 1 aromatic carbocycles. The number of amides is 2. The third-order valence-electron chi connectivity index (χ3n) is 3.30. The Balaban J connectivity index is 2.13. The molecule has 5 heteroatoms. The Bertz CT molecular complexity index is 499. The van der Waals surface area contributed by atoms with Crippen LogP contribution in [-0.4, -0.2) is 36.3 Å². The third-order valence-corrected chi connectivity index (χ3v) is 3.30. The summed E-state index contributed by atoms with van der Waals surface area (Å²) < 4.78 is 0. The quantitative estimate of drug-likeness (QED) is 0.749. The van der Waals surface area contributed by atoms with E-state index in [4.69, 9.17) is 5.73 Å². The van der Waals surface area contributed by atoms with Crippen molar-refractivity contribution in [1.29, 1.82) is 0 Å². The fraction of sp³-hybridized carbons (Fsp3) is 0.385. The number of aryl methyl sites for hydroxylation is 1. The van der Waals surface area contributed by atoms with E-state index in [-0.39, 0.29) is 11.8 Å². The van der Waals surface area contributed by atoms with Crippen LogP contribution in [0.2, 0.25) is 0 Å². The van der Waals surface area contributed by atoms with E-state index < -0.39 is 6.04 Å². The van der Waals surface area contributed by atoms with E-state index in [1.54, 1.807) is 24.1 Å².